The molecule has 2 aromatic rings. The first-order valence-corrected chi connectivity index (χ1v) is 10.5. The normalized spacial score (nSPS) is 20.2. The highest BCUT2D eigenvalue weighted by Gasteiger charge is 2.44. The van der Waals surface area contributed by atoms with Crippen molar-refractivity contribution in [2.45, 2.75) is 39.9 Å². The Balaban J connectivity index is 1.66. The molecular weight excluding hydrogens is 417 g/mol. The number of carbonyl (C=O) groups is 1. The van der Waals surface area contributed by atoms with E-state index in [4.69, 9.17) is 4.74 Å². The molecule has 0 bridgehead atoms. The van der Waals surface area contributed by atoms with Crippen molar-refractivity contribution in [2.24, 2.45) is 11.8 Å². The van der Waals surface area contributed by atoms with Crippen LogP contribution in [0.5, 0.6) is 5.75 Å². The van der Waals surface area contributed by atoms with Crippen molar-refractivity contribution in [3.63, 3.8) is 0 Å². The number of aromatic nitrogens is 2. The quantitative estimate of drug-likeness (QED) is 0.727. The van der Waals surface area contributed by atoms with Crippen LogP contribution in [-0.2, 0) is 11.3 Å². The number of ether oxygens (including phenoxy) is 1. The average molecular weight is 443 g/mol. The van der Waals surface area contributed by atoms with Gasteiger partial charge in [0.15, 0.2) is 5.13 Å². The molecule has 0 aliphatic carbocycles. The number of thiazole rings is 1. The van der Waals surface area contributed by atoms with Crippen molar-refractivity contribution in [3.8, 4) is 5.75 Å². The van der Waals surface area contributed by atoms with E-state index in [-0.39, 0.29) is 31.4 Å². The van der Waals surface area contributed by atoms with Crippen LogP contribution in [0.25, 0.3) is 0 Å². The Hall–Kier alpha value is -2.20. The molecule has 1 saturated heterocycles. The van der Waals surface area contributed by atoms with Gasteiger partial charge in [0.05, 0.1) is 12.5 Å². The SMILES string of the molecule is CC(=O)Nc1ncc(CN2CC(COc3cc(C)nc(C)c3)C[C@H](C(F)(F)F)C2)s1. The predicted octanol–water partition coefficient (Wildman–Crippen LogP) is 4.19. The third-order valence-corrected chi connectivity index (χ3v) is 5.73. The van der Waals surface area contributed by atoms with Crippen LogP contribution in [0.4, 0.5) is 18.3 Å². The second-order valence-corrected chi connectivity index (χ2v) is 8.86. The molecule has 0 spiro atoms. The van der Waals surface area contributed by atoms with Gasteiger partial charge in [-0.25, -0.2) is 4.98 Å². The van der Waals surface area contributed by atoms with E-state index < -0.39 is 12.1 Å². The lowest BCUT2D eigenvalue weighted by Crippen LogP contribution is -2.46. The molecule has 1 fully saturated rings. The number of likely N-dealkylation sites (tertiary alicyclic amines) is 1. The van der Waals surface area contributed by atoms with Crippen LogP contribution in [0, 0.1) is 25.7 Å². The first-order valence-electron chi connectivity index (χ1n) is 9.68. The van der Waals surface area contributed by atoms with Gasteiger partial charge in [-0.1, -0.05) is 0 Å². The molecule has 1 amide bonds. The van der Waals surface area contributed by atoms with Crippen molar-refractivity contribution >= 4 is 22.4 Å². The van der Waals surface area contributed by atoms with Gasteiger partial charge in [0, 0.05) is 67.1 Å². The molecule has 3 heterocycles. The monoisotopic (exact) mass is 442 g/mol. The van der Waals surface area contributed by atoms with Crippen LogP contribution in [0.2, 0.25) is 0 Å². The minimum absolute atomic E-state index is 0.0445. The number of rotatable bonds is 6. The third-order valence-electron chi connectivity index (χ3n) is 4.83. The molecule has 1 aliphatic heterocycles. The van der Waals surface area contributed by atoms with Gasteiger partial charge in [-0.2, -0.15) is 13.2 Å². The van der Waals surface area contributed by atoms with E-state index in [1.807, 2.05) is 13.8 Å². The number of aryl methyl sites for hydroxylation is 2. The Labute approximate surface area is 177 Å². The number of alkyl halides is 3. The first kappa shape index (κ1) is 22.5. The van der Waals surface area contributed by atoms with Gasteiger partial charge in [-0.3, -0.25) is 14.7 Å². The molecule has 1 N–H and O–H groups in total. The molecule has 0 saturated carbocycles. The fraction of sp³-hybridized carbons (Fsp3) is 0.550. The van der Waals surface area contributed by atoms with Gasteiger partial charge in [-0.15, -0.1) is 11.3 Å². The number of piperidine rings is 1. The zero-order chi connectivity index (χ0) is 21.9. The number of hydrogen-bond acceptors (Lipinski definition) is 6. The van der Waals surface area contributed by atoms with Crippen LogP contribution < -0.4 is 10.1 Å². The first-order chi connectivity index (χ1) is 14.1. The maximum atomic E-state index is 13.5. The summed E-state index contributed by atoms with van der Waals surface area (Å²) in [5, 5.41) is 3.05. The van der Waals surface area contributed by atoms with Crippen LogP contribution in [-0.4, -0.2) is 46.6 Å². The summed E-state index contributed by atoms with van der Waals surface area (Å²) in [5.74, 6) is -1.25. The van der Waals surface area contributed by atoms with E-state index in [9.17, 15) is 18.0 Å². The molecule has 1 unspecified atom stereocenters. The lowest BCUT2D eigenvalue weighted by molar-refractivity contribution is -0.193. The number of amides is 1. The van der Waals surface area contributed by atoms with Gasteiger partial charge in [0.2, 0.25) is 5.91 Å². The van der Waals surface area contributed by atoms with Crippen molar-refractivity contribution in [3.05, 3.63) is 34.6 Å². The molecule has 2 atom stereocenters. The fourth-order valence-corrected chi connectivity index (χ4v) is 4.59. The van der Waals surface area contributed by atoms with Gasteiger partial charge in [-0.05, 0) is 20.3 Å². The highest BCUT2D eigenvalue weighted by molar-refractivity contribution is 7.15. The molecule has 164 valence electrons. The molecule has 30 heavy (non-hydrogen) atoms. The molecule has 3 rings (SSSR count). The van der Waals surface area contributed by atoms with Crippen LogP contribution in [0.15, 0.2) is 18.3 Å². The topological polar surface area (TPSA) is 67.4 Å². The average Bonchev–Trinajstić information content (AvgIpc) is 3.04. The van der Waals surface area contributed by atoms with E-state index in [1.165, 1.54) is 18.3 Å². The fourth-order valence-electron chi connectivity index (χ4n) is 3.69. The number of nitrogens with zero attached hydrogens (tertiary/aromatic N) is 3. The number of pyridine rings is 1. The summed E-state index contributed by atoms with van der Waals surface area (Å²) in [6.45, 7) is 6.11. The number of nitrogens with one attached hydrogen (secondary N) is 1. The summed E-state index contributed by atoms with van der Waals surface area (Å²) >= 11 is 1.27. The Bertz CT molecular complexity index is 867. The zero-order valence-corrected chi connectivity index (χ0v) is 17.9. The second-order valence-electron chi connectivity index (χ2n) is 7.74. The van der Waals surface area contributed by atoms with E-state index >= 15 is 0 Å². The molecule has 1 aliphatic rings. The summed E-state index contributed by atoms with van der Waals surface area (Å²) in [4.78, 5) is 22.1. The molecule has 6 nitrogen and oxygen atoms in total. The maximum Gasteiger partial charge on any atom is 0.393 e. The third kappa shape index (κ3) is 6.40. The molecule has 10 heteroatoms. The number of carbonyl (C=O) groups excluding carboxylic acids is 1. The Kier molecular flexibility index (Phi) is 6.97. The number of halogens is 3. The van der Waals surface area contributed by atoms with Crippen molar-refractivity contribution in [1.29, 1.82) is 0 Å². The van der Waals surface area contributed by atoms with Gasteiger partial charge in [0.25, 0.3) is 0 Å². The Morgan fingerprint density at radius 1 is 1.30 bits per heavy atom. The highest BCUT2D eigenvalue weighted by atomic mass is 32.1. The summed E-state index contributed by atoms with van der Waals surface area (Å²) in [6, 6.07) is 3.57. The highest BCUT2D eigenvalue weighted by Crippen LogP contribution is 2.36. The van der Waals surface area contributed by atoms with E-state index in [1.54, 1.807) is 23.2 Å². The lowest BCUT2D eigenvalue weighted by atomic mass is 9.89. The van der Waals surface area contributed by atoms with Crippen LogP contribution in [0.1, 0.15) is 29.6 Å². The van der Waals surface area contributed by atoms with E-state index in [0.29, 0.717) is 24.0 Å². The molecular formula is C20H25F3N4O2S. The van der Waals surface area contributed by atoms with Gasteiger partial charge < -0.3 is 10.1 Å². The summed E-state index contributed by atoms with van der Waals surface area (Å²) < 4.78 is 46.4. The minimum atomic E-state index is -4.25. The largest absolute Gasteiger partial charge is 0.493 e. The van der Waals surface area contributed by atoms with Crippen LogP contribution in [0.3, 0.4) is 0 Å². The van der Waals surface area contributed by atoms with Crippen LogP contribution >= 0.6 is 11.3 Å². The van der Waals surface area contributed by atoms with Crippen molar-refractivity contribution in [1.82, 2.24) is 14.9 Å². The van der Waals surface area contributed by atoms with Gasteiger partial charge >= 0.3 is 6.18 Å². The summed E-state index contributed by atoms with van der Waals surface area (Å²) in [6.07, 6.45) is -2.61. The number of hydrogen-bond donors (Lipinski definition) is 1. The lowest BCUT2D eigenvalue weighted by Gasteiger charge is -2.38. The molecule has 0 aromatic carbocycles. The predicted molar refractivity (Wildman–Crippen MR) is 109 cm³/mol. The summed E-state index contributed by atoms with van der Waals surface area (Å²) in [5.41, 5.74) is 1.62. The zero-order valence-electron chi connectivity index (χ0n) is 17.1. The standard InChI is InChI=1S/C20H25F3N4O2S/c1-12-4-17(5-13(2)25-12)29-11-15-6-16(20(21,22)23)9-27(8-15)10-18-7-24-19(30-18)26-14(3)28/h4-5,7,15-16H,6,8-11H2,1-3H3,(H,24,26,28)/t15?,16-/m0/s1. The van der Waals surface area contributed by atoms with E-state index in [2.05, 4.69) is 15.3 Å². The molecule has 0 radical (unpaired) electrons. The van der Waals surface area contributed by atoms with Gasteiger partial charge in [0.1, 0.15) is 5.75 Å². The Morgan fingerprint density at radius 2 is 2.00 bits per heavy atom. The smallest absolute Gasteiger partial charge is 0.393 e. The second kappa shape index (κ2) is 9.30. The van der Waals surface area contributed by atoms with Crippen molar-refractivity contribution in [2.75, 3.05) is 25.0 Å². The Morgan fingerprint density at radius 3 is 2.63 bits per heavy atom. The van der Waals surface area contributed by atoms with Crippen molar-refractivity contribution < 1.29 is 22.7 Å². The minimum Gasteiger partial charge on any atom is -0.493 e. The summed E-state index contributed by atoms with van der Waals surface area (Å²) in [7, 11) is 0. The molecule has 2 aromatic heterocycles. The maximum absolute atomic E-state index is 13.5. The van der Waals surface area contributed by atoms with E-state index in [0.717, 1.165) is 16.3 Å². The number of anilines is 1.